The monoisotopic (exact) mass is 329 g/mol. The lowest BCUT2D eigenvalue weighted by atomic mass is 10.3. The maximum Gasteiger partial charge on any atom is 0.304 e. The minimum atomic E-state index is -0.756. The van der Waals surface area contributed by atoms with Gasteiger partial charge >= 0.3 is 5.97 Å². The number of carboxylic acid groups (broad SMARTS) is 1. The molecule has 8 heteroatoms. The molecule has 1 rings (SSSR count). The smallest absolute Gasteiger partial charge is 0.304 e. The number of piperazine rings is 1. The van der Waals surface area contributed by atoms with Gasteiger partial charge in [-0.25, -0.2) is 0 Å². The predicted molar refractivity (Wildman–Crippen MR) is 82.9 cm³/mol. The van der Waals surface area contributed by atoms with E-state index in [1.54, 1.807) is 0 Å². The highest BCUT2D eigenvalue weighted by Crippen LogP contribution is 2.02. The zero-order chi connectivity index (χ0) is 13.5. The average molecular weight is 330 g/mol. The van der Waals surface area contributed by atoms with Gasteiger partial charge in [-0.3, -0.25) is 14.5 Å². The molecule has 0 saturated carbocycles. The molecular formula is C12H25Cl2N3O3. The van der Waals surface area contributed by atoms with E-state index >= 15 is 0 Å². The molecular weight excluding hydrogens is 305 g/mol. The van der Waals surface area contributed by atoms with E-state index in [0.29, 0.717) is 13.1 Å². The average Bonchev–Trinajstić information content (AvgIpc) is 2.26. The quantitative estimate of drug-likeness (QED) is 0.740. The van der Waals surface area contributed by atoms with E-state index < -0.39 is 5.97 Å². The van der Waals surface area contributed by atoms with E-state index in [9.17, 15) is 9.59 Å². The number of rotatable bonds is 6. The summed E-state index contributed by atoms with van der Waals surface area (Å²) >= 11 is 0. The van der Waals surface area contributed by atoms with Crippen LogP contribution in [0.15, 0.2) is 0 Å². The van der Waals surface area contributed by atoms with Crippen molar-refractivity contribution in [1.82, 2.24) is 15.1 Å². The third kappa shape index (κ3) is 9.36. The standard InChI is InChI=1S/C12H23N3O3.2ClH/c1-10(2)13-11(16)9-15-7-5-14(6-8-15)4-3-12(17)18;;/h10H,3-9H2,1-2H3,(H,13,16)(H,17,18);2*1H. The summed E-state index contributed by atoms with van der Waals surface area (Å²) < 4.78 is 0. The van der Waals surface area contributed by atoms with E-state index in [1.807, 2.05) is 13.8 Å². The highest BCUT2D eigenvalue weighted by atomic mass is 35.5. The first-order valence-electron chi connectivity index (χ1n) is 6.43. The molecule has 120 valence electrons. The van der Waals surface area contributed by atoms with E-state index in [-0.39, 0.29) is 43.2 Å². The first-order valence-corrected chi connectivity index (χ1v) is 6.43. The molecule has 1 heterocycles. The van der Waals surface area contributed by atoms with E-state index in [1.165, 1.54) is 0 Å². The predicted octanol–water partition coefficient (Wildman–Crippen LogP) is 0.447. The van der Waals surface area contributed by atoms with Crippen LogP contribution < -0.4 is 5.32 Å². The fourth-order valence-corrected chi connectivity index (χ4v) is 2.00. The molecule has 1 aliphatic heterocycles. The second-order valence-corrected chi connectivity index (χ2v) is 4.98. The third-order valence-corrected chi connectivity index (χ3v) is 2.92. The zero-order valence-electron chi connectivity index (χ0n) is 12.0. The van der Waals surface area contributed by atoms with Gasteiger partial charge in [-0.15, -0.1) is 24.8 Å². The first-order chi connectivity index (χ1) is 8.47. The maximum absolute atomic E-state index is 11.6. The number of amides is 1. The Morgan fingerprint density at radius 1 is 1.10 bits per heavy atom. The van der Waals surface area contributed by atoms with Crippen LogP contribution in [0.25, 0.3) is 0 Å². The van der Waals surface area contributed by atoms with Crippen LogP contribution in [0.5, 0.6) is 0 Å². The van der Waals surface area contributed by atoms with E-state index in [4.69, 9.17) is 5.11 Å². The fourth-order valence-electron chi connectivity index (χ4n) is 2.00. The molecule has 1 amide bonds. The Bertz CT molecular complexity index is 296. The van der Waals surface area contributed by atoms with Crippen LogP contribution in [0.3, 0.4) is 0 Å². The fraction of sp³-hybridized carbons (Fsp3) is 0.833. The summed E-state index contributed by atoms with van der Waals surface area (Å²) in [7, 11) is 0. The molecule has 0 unspecified atom stereocenters. The molecule has 2 N–H and O–H groups in total. The van der Waals surface area contributed by atoms with Crippen LogP contribution in [-0.4, -0.2) is 72.1 Å². The molecule has 0 aromatic heterocycles. The Kier molecular flexibility index (Phi) is 12.1. The highest BCUT2D eigenvalue weighted by molar-refractivity contribution is 5.85. The van der Waals surface area contributed by atoms with Gasteiger partial charge in [0.15, 0.2) is 0 Å². The summed E-state index contributed by atoms with van der Waals surface area (Å²) in [4.78, 5) is 26.3. The SMILES string of the molecule is CC(C)NC(=O)CN1CCN(CCC(=O)O)CC1.Cl.Cl. The molecule has 0 aliphatic carbocycles. The Morgan fingerprint density at radius 2 is 1.60 bits per heavy atom. The van der Waals surface area contributed by atoms with Gasteiger partial charge in [-0.05, 0) is 13.8 Å². The highest BCUT2D eigenvalue weighted by Gasteiger charge is 2.19. The van der Waals surface area contributed by atoms with Gasteiger partial charge in [0.1, 0.15) is 0 Å². The normalized spacial score (nSPS) is 16.1. The first kappa shape index (κ1) is 21.7. The molecule has 0 aromatic carbocycles. The summed E-state index contributed by atoms with van der Waals surface area (Å²) in [6, 6.07) is 0.175. The Hall–Kier alpha value is -0.560. The molecule has 6 nitrogen and oxygen atoms in total. The minimum absolute atomic E-state index is 0. The summed E-state index contributed by atoms with van der Waals surface area (Å²) in [6.07, 6.45) is 0.188. The second-order valence-electron chi connectivity index (χ2n) is 4.98. The lowest BCUT2D eigenvalue weighted by Crippen LogP contribution is -2.50. The number of aliphatic carboxylic acids is 1. The Labute approximate surface area is 132 Å². The molecule has 0 aromatic rings. The maximum atomic E-state index is 11.6. The van der Waals surface area contributed by atoms with Gasteiger partial charge in [-0.1, -0.05) is 0 Å². The number of hydrogen-bond acceptors (Lipinski definition) is 4. The summed E-state index contributed by atoms with van der Waals surface area (Å²) in [5.41, 5.74) is 0. The van der Waals surface area contributed by atoms with Crippen molar-refractivity contribution in [2.24, 2.45) is 0 Å². The van der Waals surface area contributed by atoms with E-state index in [0.717, 1.165) is 26.2 Å². The second kappa shape index (κ2) is 11.1. The third-order valence-electron chi connectivity index (χ3n) is 2.92. The Balaban J connectivity index is 0. The minimum Gasteiger partial charge on any atom is -0.481 e. The van der Waals surface area contributed by atoms with Crippen LogP contribution in [0.1, 0.15) is 20.3 Å². The van der Waals surface area contributed by atoms with Crippen molar-refractivity contribution < 1.29 is 14.7 Å². The van der Waals surface area contributed by atoms with Gasteiger partial charge in [0, 0.05) is 38.8 Å². The number of carbonyl (C=O) groups is 2. The van der Waals surface area contributed by atoms with Crippen LogP contribution >= 0.6 is 24.8 Å². The zero-order valence-corrected chi connectivity index (χ0v) is 13.6. The van der Waals surface area contributed by atoms with Crippen molar-refractivity contribution >= 4 is 36.7 Å². The molecule has 1 saturated heterocycles. The molecule has 0 atom stereocenters. The number of halogens is 2. The molecule has 0 spiro atoms. The van der Waals surface area contributed by atoms with Crippen LogP contribution in [0, 0.1) is 0 Å². The summed E-state index contributed by atoms with van der Waals surface area (Å²) in [5.74, 6) is -0.697. The molecule has 0 bridgehead atoms. The van der Waals surface area contributed by atoms with Crippen LogP contribution in [0.4, 0.5) is 0 Å². The van der Waals surface area contributed by atoms with Crippen molar-refractivity contribution in [2.45, 2.75) is 26.3 Å². The lowest BCUT2D eigenvalue weighted by molar-refractivity contribution is -0.137. The molecule has 1 aliphatic rings. The van der Waals surface area contributed by atoms with Crippen molar-refractivity contribution in [3.8, 4) is 0 Å². The lowest BCUT2D eigenvalue weighted by Gasteiger charge is -2.34. The van der Waals surface area contributed by atoms with Gasteiger partial charge in [0.05, 0.1) is 13.0 Å². The summed E-state index contributed by atoms with van der Waals surface area (Å²) in [5, 5.41) is 11.5. The Morgan fingerprint density at radius 3 is 2.05 bits per heavy atom. The number of nitrogens with one attached hydrogen (secondary N) is 1. The van der Waals surface area contributed by atoms with Crippen molar-refractivity contribution in [1.29, 1.82) is 0 Å². The van der Waals surface area contributed by atoms with E-state index in [2.05, 4.69) is 15.1 Å². The molecule has 0 radical (unpaired) electrons. The number of carbonyl (C=O) groups excluding carboxylic acids is 1. The topological polar surface area (TPSA) is 72.9 Å². The van der Waals surface area contributed by atoms with Gasteiger partial charge in [0.2, 0.25) is 5.91 Å². The van der Waals surface area contributed by atoms with Gasteiger partial charge in [0.25, 0.3) is 0 Å². The van der Waals surface area contributed by atoms with Crippen molar-refractivity contribution in [2.75, 3.05) is 39.3 Å². The largest absolute Gasteiger partial charge is 0.481 e. The van der Waals surface area contributed by atoms with Gasteiger partial charge in [-0.2, -0.15) is 0 Å². The molecule has 20 heavy (non-hydrogen) atoms. The number of carboxylic acids is 1. The molecule has 1 fully saturated rings. The van der Waals surface area contributed by atoms with Gasteiger partial charge < -0.3 is 15.3 Å². The number of hydrogen-bond donors (Lipinski definition) is 2. The van der Waals surface area contributed by atoms with Crippen LogP contribution in [-0.2, 0) is 9.59 Å². The van der Waals surface area contributed by atoms with Crippen molar-refractivity contribution in [3.63, 3.8) is 0 Å². The number of nitrogens with zero attached hydrogens (tertiary/aromatic N) is 2. The van der Waals surface area contributed by atoms with Crippen LogP contribution in [0.2, 0.25) is 0 Å². The summed E-state index contributed by atoms with van der Waals surface area (Å²) in [6.45, 7) is 8.25. The van der Waals surface area contributed by atoms with Crippen molar-refractivity contribution in [3.05, 3.63) is 0 Å².